The lowest BCUT2D eigenvalue weighted by Gasteiger charge is -2.12. The number of amides is 1. The van der Waals surface area contributed by atoms with E-state index in [1.807, 2.05) is 0 Å². The quantitative estimate of drug-likeness (QED) is 0.738. The lowest BCUT2D eigenvalue weighted by Crippen LogP contribution is -2.23. The van der Waals surface area contributed by atoms with Crippen molar-refractivity contribution in [2.24, 2.45) is 5.73 Å². The van der Waals surface area contributed by atoms with E-state index in [0.29, 0.717) is 21.5 Å². The maximum absolute atomic E-state index is 11.2. The van der Waals surface area contributed by atoms with Gasteiger partial charge in [0.05, 0.1) is 4.47 Å². The van der Waals surface area contributed by atoms with Crippen LogP contribution in [0.25, 0.3) is 11.3 Å². The molecule has 0 saturated carbocycles. The molecule has 2 rings (SSSR count). The number of aromatic amines is 1. The third-order valence-corrected chi connectivity index (χ3v) is 3.26. The van der Waals surface area contributed by atoms with Gasteiger partial charge in [0.25, 0.3) is 5.91 Å². The number of rotatable bonds is 5. The van der Waals surface area contributed by atoms with Crippen LogP contribution >= 0.6 is 15.9 Å². The maximum Gasteiger partial charge on any atom is 0.344 e. The molecule has 0 spiro atoms. The molecule has 1 aromatic heterocycles. The Labute approximate surface area is 127 Å². The summed E-state index contributed by atoms with van der Waals surface area (Å²) >= 11 is 3.28. The van der Waals surface area contributed by atoms with Crippen molar-refractivity contribution in [3.05, 3.63) is 28.4 Å². The number of H-pyrrole nitrogens is 1. The predicted molar refractivity (Wildman–Crippen MR) is 75.8 cm³/mol. The topological polar surface area (TPSA) is 131 Å². The molecule has 110 valence electrons. The summed E-state index contributed by atoms with van der Waals surface area (Å²) in [4.78, 5) is 22.0. The van der Waals surface area contributed by atoms with Gasteiger partial charge in [-0.15, -0.1) is 0 Å². The van der Waals surface area contributed by atoms with Crippen LogP contribution in [0.3, 0.4) is 0 Å². The molecule has 1 heterocycles. The normalized spacial score (nSPS) is 11.9. The highest BCUT2D eigenvalue weighted by atomic mass is 79.9. The minimum Gasteiger partial charge on any atom is -0.479 e. The first-order chi connectivity index (χ1) is 9.90. The fraction of sp³-hybridized carbons (Fsp3) is 0.167. The van der Waals surface area contributed by atoms with E-state index in [-0.39, 0.29) is 5.69 Å². The molecule has 0 fully saturated rings. The molecule has 0 bridgehead atoms. The molecule has 0 saturated heterocycles. The average Bonchev–Trinajstić information content (AvgIpc) is 2.90. The fourth-order valence-electron chi connectivity index (χ4n) is 1.59. The number of nitrogens with zero attached hydrogens (tertiary/aromatic N) is 2. The van der Waals surface area contributed by atoms with Crippen LogP contribution in [0, 0.1) is 0 Å². The molecular weight excluding hydrogens is 344 g/mol. The van der Waals surface area contributed by atoms with Crippen molar-refractivity contribution in [3.63, 3.8) is 0 Å². The molecule has 1 atom stereocenters. The second-order valence-electron chi connectivity index (χ2n) is 4.13. The third kappa shape index (κ3) is 3.19. The number of carbonyl (C=O) groups excluding carboxylic acids is 1. The van der Waals surface area contributed by atoms with E-state index in [0.717, 1.165) is 0 Å². The van der Waals surface area contributed by atoms with Crippen LogP contribution in [0.5, 0.6) is 5.75 Å². The summed E-state index contributed by atoms with van der Waals surface area (Å²) < 4.78 is 5.79. The van der Waals surface area contributed by atoms with Gasteiger partial charge in [-0.2, -0.15) is 15.4 Å². The number of nitrogens with one attached hydrogen (secondary N) is 1. The number of ether oxygens (including phenoxy) is 1. The minimum atomic E-state index is -1.07. The summed E-state index contributed by atoms with van der Waals surface area (Å²) in [5.74, 6) is -1.41. The first kappa shape index (κ1) is 15.0. The van der Waals surface area contributed by atoms with E-state index in [4.69, 9.17) is 15.6 Å². The first-order valence-electron chi connectivity index (χ1n) is 5.80. The smallest absolute Gasteiger partial charge is 0.344 e. The largest absolute Gasteiger partial charge is 0.479 e. The van der Waals surface area contributed by atoms with Crippen LogP contribution in [-0.2, 0) is 4.79 Å². The number of nitrogens with two attached hydrogens (primary N) is 1. The lowest BCUT2D eigenvalue weighted by molar-refractivity contribution is -0.144. The van der Waals surface area contributed by atoms with Crippen LogP contribution in [0.15, 0.2) is 22.7 Å². The van der Waals surface area contributed by atoms with Gasteiger partial charge in [-0.3, -0.25) is 4.79 Å². The first-order valence-corrected chi connectivity index (χ1v) is 6.59. The van der Waals surface area contributed by atoms with Crippen molar-refractivity contribution in [2.75, 3.05) is 0 Å². The summed E-state index contributed by atoms with van der Waals surface area (Å²) in [7, 11) is 0. The van der Waals surface area contributed by atoms with Crippen molar-refractivity contribution in [1.82, 2.24) is 15.4 Å². The molecule has 1 amide bonds. The Hall–Kier alpha value is -2.42. The maximum atomic E-state index is 11.2. The van der Waals surface area contributed by atoms with Crippen molar-refractivity contribution in [3.8, 4) is 17.0 Å². The second kappa shape index (κ2) is 5.92. The summed E-state index contributed by atoms with van der Waals surface area (Å²) in [6.07, 6.45) is -0.986. The second-order valence-corrected chi connectivity index (χ2v) is 4.98. The summed E-state index contributed by atoms with van der Waals surface area (Å²) in [5, 5.41) is 18.7. The van der Waals surface area contributed by atoms with Crippen LogP contribution in [0.4, 0.5) is 0 Å². The van der Waals surface area contributed by atoms with Gasteiger partial charge in [-0.05, 0) is 41.1 Å². The average molecular weight is 355 g/mol. The van der Waals surface area contributed by atoms with Crippen molar-refractivity contribution in [2.45, 2.75) is 13.0 Å². The molecular formula is C12H11BrN4O4. The molecule has 9 heteroatoms. The zero-order chi connectivity index (χ0) is 15.6. The van der Waals surface area contributed by atoms with Gasteiger partial charge in [0.15, 0.2) is 11.8 Å². The predicted octanol–water partition coefficient (Wildman–Crippen LogP) is 1.19. The Bertz CT molecular complexity index is 700. The van der Waals surface area contributed by atoms with Gasteiger partial charge in [0.2, 0.25) is 0 Å². The molecule has 4 N–H and O–H groups in total. The molecule has 0 aliphatic carbocycles. The number of hydrogen-bond donors (Lipinski definition) is 3. The van der Waals surface area contributed by atoms with Crippen LogP contribution < -0.4 is 10.5 Å². The van der Waals surface area contributed by atoms with Gasteiger partial charge in [0.1, 0.15) is 11.4 Å². The number of carboxylic acid groups (broad SMARTS) is 1. The van der Waals surface area contributed by atoms with E-state index >= 15 is 0 Å². The molecule has 1 aromatic carbocycles. The number of aliphatic carboxylic acids is 1. The number of carboxylic acids is 1. The Morgan fingerprint density at radius 2 is 2.14 bits per heavy atom. The summed E-state index contributed by atoms with van der Waals surface area (Å²) in [5.41, 5.74) is 6.11. The molecule has 0 radical (unpaired) electrons. The van der Waals surface area contributed by atoms with Crippen molar-refractivity contribution < 1.29 is 19.4 Å². The zero-order valence-corrected chi connectivity index (χ0v) is 12.4. The van der Waals surface area contributed by atoms with Crippen molar-refractivity contribution in [1.29, 1.82) is 0 Å². The summed E-state index contributed by atoms with van der Waals surface area (Å²) in [6, 6.07) is 4.82. The van der Waals surface area contributed by atoms with E-state index in [9.17, 15) is 9.59 Å². The van der Waals surface area contributed by atoms with E-state index in [1.54, 1.807) is 18.2 Å². The van der Waals surface area contributed by atoms with E-state index in [1.165, 1.54) is 6.92 Å². The lowest BCUT2D eigenvalue weighted by atomic mass is 10.1. The molecule has 0 aliphatic rings. The molecule has 1 unspecified atom stereocenters. The minimum absolute atomic E-state index is 0.0227. The fourth-order valence-corrected chi connectivity index (χ4v) is 2.06. The zero-order valence-electron chi connectivity index (χ0n) is 10.8. The van der Waals surface area contributed by atoms with E-state index < -0.39 is 18.0 Å². The highest BCUT2D eigenvalue weighted by Gasteiger charge is 2.18. The van der Waals surface area contributed by atoms with Crippen LogP contribution in [-0.4, -0.2) is 38.5 Å². The van der Waals surface area contributed by atoms with E-state index in [2.05, 4.69) is 31.3 Å². The van der Waals surface area contributed by atoms with Gasteiger partial charge < -0.3 is 15.6 Å². The number of halogens is 1. The number of primary amides is 1. The van der Waals surface area contributed by atoms with Crippen LogP contribution in [0.2, 0.25) is 0 Å². The standard InChI is InChI=1S/C12H11BrN4O4/c1-5(12(19)20)21-8-3-2-6(4-7(8)13)9-10(11(14)18)16-17-15-9/h2-5H,1H3,(H2,14,18)(H,19,20)(H,15,16,17). The molecule has 8 nitrogen and oxygen atoms in total. The summed E-state index contributed by atoms with van der Waals surface area (Å²) in [6.45, 7) is 1.42. The number of benzene rings is 1. The Morgan fingerprint density at radius 1 is 1.43 bits per heavy atom. The van der Waals surface area contributed by atoms with Gasteiger partial charge >= 0.3 is 5.97 Å². The highest BCUT2D eigenvalue weighted by Crippen LogP contribution is 2.31. The number of aromatic nitrogens is 3. The third-order valence-electron chi connectivity index (χ3n) is 2.64. The Balaban J connectivity index is 2.33. The molecule has 0 aliphatic heterocycles. The Morgan fingerprint density at radius 3 is 2.71 bits per heavy atom. The van der Waals surface area contributed by atoms with Gasteiger partial charge in [-0.1, -0.05) is 0 Å². The number of carbonyl (C=O) groups is 2. The monoisotopic (exact) mass is 354 g/mol. The SMILES string of the molecule is CC(Oc1ccc(-c2n[nH]nc2C(N)=O)cc1Br)C(=O)O. The molecule has 21 heavy (non-hydrogen) atoms. The highest BCUT2D eigenvalue weighted by molar-refractivity contribution is 9.10. The number of hydrogen-bond acceptors (Lipinski definition) is 5. The van der Waals surface area contributed by atoms with Gasteiger partial charge in [-0.25, -0.2) is 4.79 Å². The molecule has 2 aromatic rings. The van der Waals surface area contributed by atoms with Crippen LogP contribution in [0.1, 0.15) is 17.4 Å². The van der Waals surface area contributed by atoms with Crippen molar-refractivity contribution >= 4 is 27.8 Å². The Kier molecular flexibility index (Phi) is 4.22. The van der Waals surface area contributed by atoms with Gasteiger partial charge in [0, 0.05) is 5.56 Å².